The first-order chi connectivity index (χ1) is 12.6. The number of hydrogen-bond acceptors (Lipinski definition) is 2. The Morgan fingerprint density at radius 1 is 0.923 bits per heavy atom. The molecule has 3 rings (SSSR count). The van der Waals surface area contributed by atoms with E-state index in [0.717, 1.165) is 28.3 Å². The van der Waals surface area contributed by atoms with Crippen LogP contribution in [0.2, 0.25) is 5.02 Å². The maximum atomic E-state index is 6.13. The highest BCUT2D eigenvalue weighted by Crippen LogP contribution is 2.23. The monoisotopic (exact) mass is 382 g/mol. The summed E-state index contributed by atoms with van der Waals surface area (Å²) in [5.74, 6) is 0.809. The molecule has 5 heteroatoms. The molecule has 0 bridgehead atoms. The lowest BCUT2D eigenvalue weighted by molar-refractivity contribution is 0.306. The molecule has 0 spiro atoms. The van der Waals surface area contributed by atoms with Gasteiger partial charge >= 0.3 is 0 Å². The molecule has 0 saturated heterocycles. The molecule has 0 unspecified atom stereocenters. The summed E-state index contributed by atoms with van der Waals surface area (Å²) in [5.41, 5.74) is 3.87. The number of nitrogens with one attached hydrogen (secondary N) is 2. The molecule has 0 aromatic heterocycles. The summed E-state index contributed by atoms with van der Waals surface area (Å²) < 4.78 is 5.79. The van der Waals surface area contributed by atoms with Crippen molar-refractivity contribution in [1.82, 2.24) is 0 Å². The lowest BCUT2D eigenvalue weighted by Crippen LogP contribution is -2.19. The van der Waals surface area contributed by atoms with Crippen LogP contribution in [0.3, 0.4) is 0 Å². The van der Waals surface area contributed by atoms with E-state index in [1.807, 2.05) is 79.7 Å². The van der Waals surface area contributed by atoms with Gasteiger partial charge in [-0.05, 0) is 66.7 Å². The molecule has 132 valence electrons. The van der Waals surface area contributed by atoms with Crippen LogP contribution in [-0.4, -0.2) is 5.11 Å². The van der Waals surface area contributed by atoms with Crippen LogP contribution in [0.1, 0.15) is 11.1 Å². The summed E-state index contributed by atoms with van der Waals surface area (Å²) in [6.45, 7) is 2.49. The van der Waals surface area contributed by atoms with E-state index in [-0.39, 0.29) is 0 Å². The average Bonchev–Trinajstić information content (AvgIpc) is 2.66. The number of anilines is 2. The van der Waals surface area contributed by atoms with Gasteiger partial charge in [-0.1, -0.05) is 48.0 Å². The van der Waals surface area contributed by atoms with Gasteiger partial charge in [0.25, 0.3) is 0 Å². The summed E-state index contributed by atoms with van der Waals surface area (Å²) in [6.07, 6.45) is 0. The minimum atomic E-state index is 0.508. The molecule has 0 aliphatic carbocycles. The molecular weight excluding hydrogens is 364 g/mol. The Balaban J connectivity index is 1.55. The van der Waals surface area contributed by atoms with E-state index < -0.39 is 0 Å². The van der Waals surface area contributed by atoms with E-state index in [4.69, 9.17) is 28.6 Å². The van der Waals surface area contributed by atoms with Crippen molar-refractivity contribution in [2.24, 2.45) is 0 Å². The van der Waals surface area contributed by atoms with Crippen LogP contribution in [0.15, 0.2) is 72.8 Å². The van der Waals surface area contributed by atoms with Crippen LogP contribution in [0.5, 0.6) is 5.75 Å². The van der Waals surface area contributed by atoms with Crippen LogP contribution >= 0.6 is 23.8 Å². The van der Waals surface area contributed by atoms with Crippen molar-refractivity contribution in [3.05, 3.63) is 88.9 Å². The molecule has 0 atom stereocenters. The summed E-state index contributed by atoms with van der Waals surface area (Å²) in [5, 5.41) is 7.54. The van der Waals surface area contributed by atoms with Crippen molar-refractivity contribution in [2.75, 3.05) is 10.6 Å². The molecule has 2 N–H and O–H groups in total. The van der Waals surface area contributed by atoms with Crippen LogP contribution in [0.25, 0.3) is 0 Å². The molecule has 3 aromatic rings. The summed E-state index contributed by atoms with van der Waals surface area (Å²) in [7, 11) is 0. The number of ether oxygens (including phenoxy) is 1. The molecule has 0 fully saturated rings. The minimum Gasteiger partial charge on any atom is -0.489 e. The fourth-order valence-electron chi connectivity index (χ4n) is 2.40. The van der Waals surface area contributed by atoms with Gasteiger partial charge in [0.05, 0.1) is 0 Å². The van der Waals surface area contributed by atoms with E-state index >= 15 is 0 Å². The third-order valence-electron chi connectivity index (χ3n) is 3.88. The predicted molar refractivity (Wildman–Crippen MR) is 113 cm³/mol. The zero-order chi connectivity index (χ0) is 18.4. The molecule has 0 radical (unpaired) electrons. The van der Waals surface area contributed by atoms with Gasteiger partial charge < -0.3 is 15.4 Å². The SMILES string of the molecule is Cc1c(Cl)cccc1NC(=S)Nc1ccc(OCc2ccccc2)cc1. The fraction of sp³-hybridized carbons (Fsp3) is 0.0952. The van der Waals surface area contributed by atoms with Gasteiger partial charge in [-0.15, -0.1) is 0 Å². The first kappa shape index (κ1) is 18.2. The zero-order valence-corrected chi connectivity index (χ0v) is 15.9. The largest absolute Gasteiger partial charge is 0.489 e. The van der Waals surface area contributed by atoms with E-state index in [9.17, 15) is 0 Å². The first-order valence-electron chi connectivity index (χ1n) is 8.22. The predicted octanol–water partition coefficient (Wildman–Crippen LogP) is 6.04. The average molecular weight is 383 g/mol. The minimum absolute atomic E-state index is 0.508. The smallest absolute Gasteiger partial charge is 0.175 e. The Morgan fingerprint density at radius 2 is 1.65 bits per heavy atom. The normalized spacial score (nSPS) is 10.2. The number of benzene rings is 3. The summed E-state index contributed by atoms with van der Waals surface area (Å²) >= 11 is 11.5. The van der Waals surface area contributed by atoms with E-state index in [1.165, 1.54) is 0 Å². The Labute approximate surface area is 164 Å². The highest BCUT2D eigenvalue weighted by molar-refractivity contribution is 7.80. The second-order valence-electron chi connectivity index (χ2n) is 5.79. The number of hydrogen-bond donors (Lipinski definition) is 2. The Hall–Kier alpha value is -2.56. The molecular formula is C21H19ClN2OS. The van der Waals surface area contributed by atoms with Gasteiger partial charge in [0.1, 0.15) is 12.4 Å². The molecule has 0 aliphatic rings. The van der Waals surface area contributed by atoms with Gasteiger partial charge in [0, 0.05) is 16.4 Å². The summed E-state index contributed by atoms with van der Waals surface area (Å²) in [6, 6.07) is 23.4. The van der Waals surface area contributed by atoms with Crippen molar-refractivity contribution >= 4 is 40.3 Å². The summed E-state index contributed by atoms with van der Waals surface area (Å²) in [4.78, 5) is 0. The second kappa shape index (κ2) is 8.70. The number of thiocarbonyl (C=S) groups is 1. The lowest BCUT2D eigenvalue weighted by atomic mass is 10.2. The van der Waals surface area contributed by atoms with Crippen LogP contribution in [0.4, 0.5) is 11.4 Å². The number of rotatable bonds is 5. The second-order valence-corrected chi connectivity index (χ2v) is 6.61. The number of halogens is 1. The maximum Gasteiger partial charge on any atom is 0.175 e. The molecule has 26 heavy (non-hydrogen) atoms. The lowest BCUT2D eigenvalue weighted by Gasteiger charge is -2.13. The first-order valence-corrected chi connectivity index (χ1v) is 9.00. The van der Waals surface area contributed by atoms with E-state index in [1.54, 1.807) is 0 Å². The van der Waals surface area contributed by atoms with Gasteiger partial charge in [0.2, 0.25) is 0 Å². The molecule has 0 saturated carbocycles. The quantitative estimate of drug-likeness (QED) is 0.527. The van der Waals surface area contributed by atoms with Crippen molar-refractivity contribution < 1.29 is 4.74 Å². The van der Waals surface area contributed by atoms with Crippen molar-refractivity contribution in [3.8, 4) is 5.75 Å². The molecule has 0 aliphatic heterocycles. The zero-order valence-electron chi connectivity index (χ0n) is 14.3. The van der Waals surface area contributed by atoms with E-state index in [2.05, 4.69) is 10.6 Å². The van der Waals surface area contributed by atoms with Crippen molar-refractivity contribution in [1.29, 1.82) is 0 Å². The van der Waals surface area contributed by atoms with Crippen molar-refractivity contribution in [3.63, 3.8) is 0 Å². The van der Waals surface area contributed by atoms with Crippen LogP contribution in [-0.2, 0) is 6.61 Å². The third kappa shape index (κ3) is 4.97. The van der Waals surface area contributed by atoms with Gasteiger partial charge in [-0.2, -0.15) is 0 Å². The maximum absolute atomic E-state index is 6.13. The fourth-order valence-corrected chi connectivity index (χ4v) is 2.81. The molecule has 0 heterocycles. The van der Waals surface area contributed by atoms with Crippen molar-refractivity contribution in [2.45, 2.75) is 13.5 Å². The van der Waals surface area contributed by atoms with Gasteiger partial charge in [-0.3, -0.25) is 0 Å². The Morgan fingerprint density at radius 3 is 2.38 bits per heavy atom. The molecule has 3 aromatic carbocycles. The Kier molecular flexibility index (Phi) is 6.10. The molecule has 0 amide bonds. The highest BCUT2D eigenvalue weighted by atomic mass is 35.5. The Bertz CT molecular complexity index is 882. The molecule has 3 nitrogen and oxygen atoms in total. The standard InChI is InChI=1S/C21H19ClN2OS/c1-15-19(22)8-5-9-20(15)24-21(26)23-17-10-12-18(13-11-17)25-14-16-6-3-2-4-7-16/h2-13H,14H2,1H3,(H2,23,24,26). The van der Waals surface area contributed by atoms with Gasteiger partial charge in [-0.25, -0.2) is 0 Å². The van der Waals surface area contributed by atoms with E-state index in [0.29, 0.717) is 16.7 Å². The van der Waals surface area contributed by atoms with Crippen LogP contribution < -0.4 is 15.4 Å². The van der Waals surface area contributed by atoms with Crippen LogP contribution in [0, 0.1) is 6.92 Å². The van der Waals surface area contributed by atoms with Gasteiger partial charge in [0.15, 0.2) is 5.11 Å². The third-order valence-corrected chi connectivity index (χ3v) is 4.49. The topological polar surface area (TPSA) is 33.3 Å². The highest BCUT2D eigenvalue weighted by Gasteiger charge is 2.05.